The van der Waals surface area contributed by atoms with E-state index in [1.165, 1.54) is 24.6 Å². The van der Waals surface area contributed by atoms with E-state index in [0.717, 1.165) is 29.7 Å². The smallest absolute Gasteiger partial charge is 0.246 e. The number of nitrogens with one attached hydrogen (secondary N) is 1. The summed E-state index contributed by atoms with van der Waals surface area (Å²) in [6.07, 6.45) is 2.87. The van der Waals surface area contributed by atoms with Crippen LogP contribution in [0.15, 0.2) is 41.3 Å². The second-order valence-corrected chi connectivity index (χ2v) is 9.77. The van der Waals surface area contributed by atoms with Crippen LogP contribution in [0.1, 0.15) is 37.8 Å². The van der Waals surface area contributed by atoms with Gasteiger partial charge in [0.05, 0.1) is 20.1 Å². The molecular weight excluding hydrogens is 428 g/mol. The van der Waals surface area contributed by atoms with Gasteiger partial charge in [0.25, 0.3) is 0 Å². The van der Waals surface area contributed by atoms with Crippen LogP contribution in [-0.2, 0) is 27.7 Å². The van der Waals surface area contributed by atoms with Crippen LogP contribution in [0.4, 0.5) is 5.69 Å². The van der Waals surface area contributed by atoms with Crippen molar-refractivity contribution in [2.75, 3.05) is 32.6 Å². The molecule has 2 aromatic carbocycles. The number of methoxy groups -OCH3 is 2. The third-order valence-corrected chi connectivity index (χ3v) is 7.88. The Balaban J connectivity index is 1.84. The summed E-state index contributed by atoms with van der Waals surface area (Å²) in [6, 6.07) is 10.7. The van der Waals surface area contributed by atoms with Crippen LogP contribution in [0.5, 0.6) is 11.5 Å². The average molecular weight is 461 g/mol. The molecule has 1 saturated heterocycles. The number of ether oxygens (including phenoxy) is 2. The van der Waals surface area contributed by atoms with Gasteiger partial charge in [0.2, 0.25) is 15.9 Å². The zero-order valence-electron chi connectivity index (χ0n) is 19.2. The Morgan fingerprint density at radius 2 is 1.78 bits per heavy atom. The summed E-state index contributed by atoms with van der Waals surface area (Å²) in [4.78, 5) is 13.2. The predicted molar refractivity (Wildman–Crippen MR) is 125 cm³/mol. The lowest BCUT2D eigenvalue weighted by Gasteiger charge is -2.32. The van der Waals surface area contributed by atoms with Crippen molar-refractivity contribution in [2.24, 2.45) is 5.92 Å². The van der Waals surface area contributed by atoms with Gasteiger partial charge < -0.3 is 14.8 Å². The molecule has 1 aliphatic rings. The second kappa shape index (κ2) is 10.4. The molecule has 0 bridgehead atoms. The fourth-order valence-corrected chi connectivity index (χ4v) is 5.82. The molecular formula is C24H32N2O5S. The molecule has 8 heteroatoms. The highest BCUT2D eigenvalue weighted by Gasteiger charge is 2.35. The van der Waals surface area contributed by atoms with Crippen molar-refractivity contribution in [3.63, 3.8) is 0 Å². The Kier molecular flexibility index (Phi) is 7.79. The van der Waals surface area contributed by atoms with Crippen LogP contribution in [0.3, 0.4) is 0 Å². The van der Waals surface area contributed by atoms with Gasteiger partial charge in [-0.25, -0.2) is 8.42 Å². The largest absolute Gasteiger partial charge is 0.497 e. The number of benzene rings is 2. The Morgan fingerprint density at radius 1 is 1.09 bits per heavy atom. The second-order valence-electron chi connectivity index (χ2n) is 7.87. The van der Waals surface area contributed by atoms with Gasteiger partial charge in [-0.05, 0) is 48.9 Å². The van der Waals surface area contributed by atoms with Crippen LogP contribution in [0.25, 0.3) is 0 Å². The molecule has 2 aromatic rings. The first-order valence-electron chi connectivity index (χ1n) is 11.0. The van der Waals surface area contributed by atoms with Gasteiger partial charge in [0.15, 0.2) is 0 Å². The summed E-state index contributed by atoms with van der Waals surface area (Å²) < 4.78 is 38.7. The van der Waals surface area contributed by atoms with Gasteiger partial charge >= 0.3 is 0 Å². The number of amides is 1. The van der Waals surface area contributed by atoms with Gasteiger partial charge in [-0.3, -0.25) is 4.79 Å². The standard InChI is InChI=1S/C24H32N2O5S/c1-5-17-9-7-10-18(6-2)23(17)25-24(27)19-11-8-14-26(16-19)32(28,29)22-15-20(30-3)12-13-21(22)31-4/h7,9-10,12-13,15,19H,5-6,8,11,14,16H2,1-4H3,(H,25,27). The highest BCUT2D eigenvalue weighted by molar-refractivity contribution is 7.89. The van der Waals surface area contributed by atoms with Crippen LogP contribution >= 0.6 is 0 Å². The number of rotatable bonds is 8. The van der Waals surface area contributed by atoms with E-state index in [1.807, 2.05) is 18.2 Å². The van der Waals surface area contributed by atoms with Crippen molar-refractivity contribution in [3.8, 4) is 11.5 Å². The van der Waals surface area contributed by atoms with Crippen molar-refractivity contribution in [2.45, 2.75) is 44.4 Å². The van der Waals surface area contributed by atoms with Crippen molar-refractivity contribution in [1.82, 2.24) is 4.31 Å². The van der Waals surface area contributed by atoms with Crippen molar-refractivity contribution >= 4 is 21.6 Å². The molecule has 0 aliphatic carbocycles. The molecule has 1 unspecified atom stereocenters. The van der Waals surface area contributed by atoms with E-state index < -0.39 is 15.9 Å². The van der Waals surface area contributed by atoms with Crippen LogP contribution in [0, 0.1) is 5.92 Å². The fourth-order valence-electron chi connectivity index (χ4n) is 4.13. The van der Waals surface area contributed by atoms with E-state index >= 15 is 0 Å². The molecule has 1 heterocycles. The van der Waals surface area contributed by atoms with Crippen molar-refractivity contribution < 1.29 is 22.7 Å². The van der Waals surface area contributed by atoms with Crippen molar-refractivity contribution in [1.29, 1.82) is 0 Å². The summed E-state index contributed by atoms with van der Waals surface area (Å²) in [7, 11) is -0.935. The first-order chi connectivity index (χ1) is 15.3. The average Bonchev–Trinajstić information content (AvgIpc) is 2.83. The highest BCUT2D eigenvalue weighted by atomic mass is 32.2. The zero-order valence-corrected chi connectivity index (χ0v) is 20.0. The minimum absolute atomic E-state index is 0.0463. The van der Waals surface area contributed by atoms with Crippen LogP contribution in [0.2, 0.25) is 0 Å². The minimum atomic E-state index is -3.85. The molecule has 1 atom stereocenters. The maximum absolute atomic E-state index is 13.4. The maximum atomic E-state index is 13.4. The monoisotopic (exact) mass is 460 g/mol. The number of nitrogens with zero attached hydrogens (tertiary/aromatic N) is 1. The lowest BCUT2D eigenvalue weighted by Crippen LogP contribution is -2.43. The zero-order chi connectivity index (χ0) is 23.3. The quantitative estimate of drug-likeness (QED) is 0.646. The number of hydrogen-bond acceptors (Lipinski definition) is 5. The maximum Gasteiger partial charge on any atom is 0.246 e. The van der Waals surface area contributed by atoms with Crippen LogP contribution in [-0.4, -0.2) is 45.9 Å². The molecule has 1 amide bonds. The SMILES string of the molecule is CCc1cccc(CC)c1NC(=O)C1CCCN(S(=O)(=O)c2cc(OC)ccc2OC)C1. The van der Waals surface area contributed by atoms with E-state index in [1.54, 1.807) is 12.1 Å². The van der Waals surface area contributed by atoms with Gasteiger partial charge in [0, 0.05) is 24.8 Å². The number of para-hydroxylation sites is 1. The first-order valence-corrected chi connectivity index (χ1v) is 12.4. The minimum Gasteiger partial charge on any atom is -0.497 e. The third kappa shape index (κ3) is 4.91. The van der Waals surface area contributed by atoms with Gasteiger partial charge in [-0.15, -0.1) is 0 Å². The van der Waals surface area contributed by atoms with E-state index in [2.05, 4.69) is 19.2 Å². The molecule has 32 heavy (non-hydrogen) atoms. The van der Waals surface area contributed by atoms with Gasteiger partial charge in [-0.2, -0.15) is 4.31 Å². The van der Waals surface area contributed by atoms with E-state index in [9.17, 15) is 13.2 Å². The number of hydrogen-bond donors (Lipinski definition) is 1. The topological polar surface area (TPSA) is 84.9 Å². The molecule has 0 saturated carbocycles. The summed E-state index contributed by atoms with van der Waals surface area (Å²) in [5, 5.41) is 3.10. The Bertz CT molecular complexity index is 1050. The number of carbonyl (C=O) groups excluding carboxylic acids is 1. The normalized spacial score (nSPS) is 17.1. The number of anilines is 1. The molecule has 0 spiro atoms. The number of piperidine rings is 1. The fraction of sp³-hybridized carbons (Fsp3) is 0.458. The highest BCUT2D eigenvalue weighted by Crippen LogP contribution is 2.33. The molecule has 0 radical (unpaired) electrons. The van der Waals surface area contributed by atoms with E-state index in [4.69, 9.17) is 9.47 Å². The molecule has 1 fully saturated rings. The summed E-state index contributed by atoms with van der Waals surface area (Å²) in [5.74, 6) is 0.114. The Morgan fingerprint density at radius 3 is 2.38 bits per heavy atom. The van der Waals surface area contributed by atoms with Crippen LogP contribution < -0.4 is 14.8 Å². The molecule has 174 valence electrons. The first kappa shape index (κ1) is 24.1. The Labute approximate surface area is 190 Å². The number of carbonyl (C=O) groups is 1. The van der Waals surface area contributed by atoms with Crippen molar-refractivity contribution in [3.05, 3.63) is 47.5 Å². The van der Waals surface area contributed by atoms with Gasteiger partial charge in [0.1, 0.15) is 16.4 Å². The van der Waals surface area contributed by atoms with E-state index in [0.29, 0.717) is 25.1 Å². The molecule has 7 nitrogen and oxygen atoms in total. The van der Waals surface area contributed by atoms with Gasteiger partial charge in [-0.1, -0.05) is 32.0 Å². The lowest BCUT2D eigenvalue weighted by atomic mass is 9.97. The third-order valence-electron chi connectivity index (χ3n) is 5.99. The molecule has 3 rings (SSSR count). The Hall–Kier alpha value is -2.58. The summed E-state index contributed by atoms with van der Waals surface area (Å²) in [6.45, 7) is 4.60. The number of aryl methyl sites for hydroxylation is 2. The van der Waals surface area contributed by atoms with E-state index in [-0.39, 0.29) is 23.1 Å². The summed E-state index contributed by atoms with van der Waals surface area (Å²) >= 11 is 0. The summed E-state index contributed by atoms with van der Waals surface area (Å²) in [5.41, 5.74) is 3.02. The molecule has 1 N–H and O–H groups in total. The lowest BCUT2D eigenvalue weighted by molar-refractivity contribution is -0.120. The predicted octanol–water partition coefficient (Wildman–Crippen LogP) is 3.87. The molecule has 0 aromatic heterocycles. The number of sulfonamides is 1. The molecule has 1 aliphatic heterocycles.